The van der Waals surface area contributed by atoms with Gasteiger partial charge in [0.05, 0.1) is 7.11 Å². The van der Waals surface area contributed by atoms with Gasteiger partial charge in [-0.3, -0.25) is 24.5 Å². The Hall–Kier alpha value is -3.68. The molecule has 2 aromatic carbocycles. The molecule has 0 unspecified atom stereocenters. The summed E-state index contributed by atoms with van der Waals surface area (Å²) in [6, 6.07) is 14.5. The molecule has 27 heavy (non-hydrogen) atoms. The first-order chi connectivity index (χ1) is 13.0. The van der Waals surface area contributed by atoms with Gasteiger partial charge in [0.2, 0.25) is 0 Å². The zero-order chi connectivity index (χ0) is 19.6. The van der Waals surface area contributed by atoms with Crippen molar-refractivity contribution < 1.29 is 28.7 Å². The van der Waals surface area contributed by atoms with Crippen molar-refractivity contribution >= 4 is 23.7 Å². The molecule has 0 radical (unpaired) electrons. The van der Waals surface area contributed by atoms with Crippen molar-refractivity contribution in [2.24, 2.45) is 0 Å². The fourth-order valence-corrected chi connectivity index (χ4v) is 2.04. The number of nitrogens with one attached hydrogen (secondary N) is 2. The van der Waals surface area contributed by atoms with E-state index in [1.807, 2.05) is 0 Å². The van der Waals surface area contributed by atoms with Crippen LogP contribution in [0.2, 0.25) is 0 Å². The summed E-state index contributed by atoms with van der Waals surface area (Å²) >= 11 is 0. The van der Waals surface area contributed by atoms with Gasteiger partial charge in [0, 0.05) is 11.1 Å². The molecule has 0 saturated heterocycles. The lowest BCUT2D eigenvalue weighted by molar-refractivity contribution is -0.147. The molecule has 2 N–H and O–H groups in total. The van der Waals surface area contributed by atoms with E-state index in [0.717, 1.165) is 0 Å². The monoisotopic (exact) mass is 370 g/mol. The van der Waals surface area contributed by atoms with Crippen molar-refractivity contribution in [2.75, 3.05) is 20.3 Å². The maximum Gasteiger partial charge on any atom is 0.325 e. The minimum Gasteiger partial charge on any atom is -0.497 e. The topological polar surface area (TPSA) is 111 Å². The number of methoxy groups -OCH3 is 1. The largest absolute Gasteiger partial charge is 0.497 e. The number of esters is 1. The van der Waals surface area contributed by atoms with E-state index in [0.29, 0.717) is 16.9 Å². The molecular weight excluding hydrogens is 352 g/mol. The average molecular weight is 370 g/mol. The van der Waals surface area contributed by atoms with E-state index in [-0.39, 0.29) is 0 Å². The van der Waals surface area contributed by atoms with Crippen molar-refractivity contribution in [1.82, 2.24) is 10.6 Å². The zero-order valence-corrected chi connectivity index (χ0v) is 14.6. The average Bonchev–Trinajstić information content (AvgIpc) is 2.71. The molecule has 8 heteroatoms. The van der Waals surface area contributed by atoms with Gasteiger partial charge in [-0.15, -0.1) is 0 Å². The van der Waals surface area contributed by atoms with Gasteiger partial charge in [-0.25, -0.2) is 0 Å². The van der Waals surface area contributed by atoms with Crippen molar-refractivity contribution in [2.45, 2.75) is 0 Å². The molecular formula is C19H18N2O6. The Balaban J connectivity index is 1.73. The van der Waals surface area contributed by atoms with E-state index in [9.17, 15) is 19.2 Å². The summed E-state index contributed by atoms with van der Waals surface area (Å²) < 4.78 is 9.74. The van der Waals surface area contributed by atoms with Gasteiger partial charge in [-0.05, 0) is 30.3 Å². The molecule has 0 fully saturated rings. The number of carbonyl (C=O) groups excluding carboxylic acids is 4. The van der Waals surface area contributed by atoms with Crippen LogP contribution in [0.3, 0.4) is 0 Å². The van der Waals surface area contributed by atoms with Crippen LogP contribution in [0.4, 0.5) is 0 Å². The predicted molar refractivity (Wildman–Crippen MR) is 95.2 cm³/mol. The molecule has 0 aromatic heterocycles. The smallest absolute Gasteiger partial charge is 0.325 e. The van der Waals surface area contributed by atoms with Crippen LogP contribution >= 0.6 is 0 Å². The summed E-state index contributed by atoms with van der Waals surface area (Å²) in [4.78, 5) is 47.0. The summed E-state index contributed by atoms with van der Waals surface area (Å²) in [6.45, 7) is -1.05. The number of imide groups is 1. The van der Waals surface area contributed by atoms with Gasteiger partial charge >= 0.3 is 5.97 Å². The van der Waals surface area contributed by atoms with Crippen LogP contribution in [-0.4, -0.2) is 44.0 Å². The maximum atomic E-state index is 12.0. The number of ether oxygens (including phenoxy) is 2. The lowest BCUT2D eigenvalue weighted by atomic mass is 10.2. The number of amides is 3. The van der Waals surface area contributed by atoms with Crippen LogP contribution in [0.5, 0.6) is 5.75 Å². The first-order valence-corrected chi connectivity index (χ1v) is 7.96. The van der Waals surface area contributed by atoms with E-state index >= 15 is 0 Å². The molecule has 140 valence electrons. The van der Waals surface area contributed by atoms with E-state index < -0.39 is 36.8 Å². The maximum absolute atomic E-state index is 12.0. The van der Waals surface area contributed by atoms with Gasteiger partial charge < -0.3 is 14.8 Å². The van der Waals surface area contributed by atoms with Crippen molar-refractivity contribution in [3.05, 3.63) is 65.7 Å². The second-order valence-electron chi connectivity index (χ2n) is 5.32. The van der Waals surface area contributed by atoms with E-state index in [4.69, 9.17) is 9.47 Å². The minimum absolute atomic E-state index is 0.308. The van der Waals surface area contributed by atoms with Crippen LogP contribution in [0.15, 0.2) is 54.6 Å². The highest BCUT2D eigenvalue weighted by Gasteiger charge is 2.13. The molecule has 0 spiro atoms. The molecule has 3 amide bonds. The third kappa shape index (κ3) is 6.28. The molecule has 0 aliphatic carbocycles. The number of hydrogen-bond donors (Lipinski definition) is 2. The Bertz CT molecular complexity index is 835. The Kier molecular flexibility index (Phi) is 7.07. The van der Waals surface area contributed by atoms with Gasteiger partial charge in [0.25, 0.3) is 17.7 Å². The molecule has 2 rings (SSSR count). The molecule has 0 saturated carbocycles. The Labute approximate surface area is 155 Å². The van der Waals surface area contributed by atoms with Gasteiger partial charge in [-0.2, -0.15) is 0 Å². The fraction of sp³-hybridized carbons (Fsp3) is 0.158. The quantitative estimate of drug-likeness (QED) is 0.702. The summed E-state index contributed by atoms with van der Waals surface area (Å²) in [6.07, 6.45) is 0. The van der Waals surface area contributed by atoms with Gasteiger partial charge in [-0.1, -0.05) is 24.3 Å². The van der Waals surface area contributed by atoms with Crippen LogP contribution in [-0.2, 0) is 14.3 Å². The predicted octanol–water partition coefficient (Wildman–Crippen LogP) is 0.925. The lowest BCUT2D eigenvalue weighted by Crippen LogP contribution is -2.36. The minimum atomic E-state index is -0.812. The van der Waals surface area contributed by atoms with Crippen molar-refractivity contribution in [3.63, 3.8) is 0 Å². The zero-order valence-electron chi connectivity index (χ0n) is 14.6. The molecule has 0 bridgehead atoms. The van der Waals surface area contributed by atoms with E-state index in [2.05, 4.69) is 10.6 Å². The first-order valence-electron chi connectivity index (χ1n) is 7.96. The number of rotatable bonds is 7. The second-order valence-corrected chi connectivity index (χ2v) is 5.32. The number of benzene rings is 2. The highest BCUT2D eigenvalue weighted by molar-refractivity contribution is 6.05. The van der Waals surface area contributed by atoms with Crippen LogP contribution in [0.25, 0.3) is 0 Å². The molecule has 0 heterocycles. The van der Waals surface area contributed by atoms with Gasteiger partial charge in [0.1, 0.15) is 12.3 Å². The normalized spacial score (nSPS) is 9.81. The first kappa shape index (κ1) is 19.6. The third-order valence-corrected chi connectivity index (χ3v) is 3.38. The molecule has 0 aliphatic heterocycles. The highest BCUT2D eigenvalue weighted by Crippen LogP contribution is 2.12. The second kappa shape index (κ2) is 9.71. The van der Waals surface area contributed by atoms with E-state index in [1.165, 1.54) is 13.2 Å². The molecule has 0 aliphatic rings. The summed E-state index contributed by atoms with van der Waals surface area (Å²) in [5.41, 5.74) is 0.621. The molecule has 0 atom stereocenters. The third-order valence-electron chi connectivity index (χ3n) is 3.38. The Morgan fingerprint density at radius 1 is 0.889 bits per heavy atom. The van der Waals surface area contributed by atoms with Crippen LogP contribution in [0.1, 0.15) is 20.7 Å². The number of hydrogen-bond acceptors (Lipinski definition) is 6. The summed E-state index contributed by atoms with van der Waals surface area (Å²) in [5.74, 6) is -2.16. The van der Waals surface area contributed by atoms with Crippen LogP contribution in [0, 0.1) is 0 Å². The molecule has 8 nitrogen and oxygen atoms in total. The van der Waals surface area contributed by atoms with E-state index in [1.54, 1.807) is 48.5 Å². The Morgan fingerprint density at radius 3 is 2.30 bits per heavy atom. The fourth-order valence-electron chi connectivity index (χ4n) is 2.04. The molecule has 2 aromatic rings. The summed E-state index contributed by atoms with van der Waals surface area (Å²) in [5, 5.41) is 4.47. The van der Waals surface area contributed by atoms with Crippen molar-refractivity contribution in [1.29, 1.82) is 0 Å². The Morgan fingerprint density at radius 2 is 1.59 bits per heavy atom. The summed E-state index contributed by atoms with van der Waals surface area (Å²) in [7, 11) is 1.47. The highest BCUT2D eigenvalue weighted by atomic mass is 16.5. The van der Waals surface area contributed by atoms with Crippen molar-refractivity contribution in [3.8, 4) is 5.75 Å². The van der Waals surface area contributed by atoms with Crippen LogP contribution < -0.4 is 15.4 Å². The number of carbonyl (C=O) groups is 4. The lowest BCUT2D eigenvalue weighted by Gasteiger charge is -2.08. The van der Waals surface area contributed by atoms with Gasteiger partial charge in [0.15, 0.2) is 6.61 Å². The SMILES string of the molecule is COc1cccc(C(=O)NCC(=O)OCC(=O)NC(=O)c2ccccc2)c1. The standard InChI is InChI=1S/C19H18N2O6/c1-26-15-9-5-8-14(10-15)18(24)20-11-17(23)27-12-16(22)21-19(25)13-6-3-2-4-7-13/h2-10H,11-12H2,1H3,(H,20,24)(H,21,22,25).